The van der Waals surface area contributed by atoms with Crippen LogP contribution in [0.5, 0.6) is 0 Å². The maximum atomic E-state index is 11.8. The van der Waals surface area contributed by atoms with Gasteiger partial charge >= 0.3 is 5.76 Å². The molecule has 5 heteroatoms. The van der Waals surface area contributed by atoms with Gasteiger partial charge in [-0.05, 0) is 25.1 Å². The van der Waals surface area contributed by atoms with Crippen LogP contribution in [0.15, 0.2) is 32.2 Å². The van der Waals surface area contributed by atoms with E-state index in [-0.39, 0.29) is 17.7 Å². The first-order chi connectivity index (χ1) is 7.13. The van der Waals surface area contributed by atoms with Gasteiger partial charge < -0.3 is 4.42 Å². The molecule has 0 bridgehead atoms. The Morgan fingerprint density at radius 2 is 2.13 bits per heavy atom. The minimum absolute atomic E-state index is 0.263. The first-order valence-electron chi connectivity index (χ1n) is 4.46. The number of nitrogens with zero attached hydrogens (tertiary/aromatic N) is 1. The molecule has 1 heterocycles. The molecule has 0 spiro atoms. The van der Waals surface area contributed by atoms with Crippen molar-refractivity contribution in [3.63, 3.8) is 0 Å². The van der Waals surface area contributed by atoms with Crippen molar-refractivity contribution < 1.29 is 4.42 Å². The molecule has 2 rings (SSSR count). The molecule has 0 aliphatic heterocycles. The Kier molecular flexibility index (Phi) is 2.36. The number of fused-ring (bicyclic) bond motifs is 1. The SMILES string of the molecule is CCn1c(=O)oc2ccc(Cl)cc2c1=O. The molecule has 0 unspecified atom stereocenters. The number of aromatic nitrogens is 1. The second-order valence-corrected chi connectivity index (χ2v) is 3.49. The van der Waals surface area contributed by atoms with Gasteiger partial charge in [0.2, 0.25) is 0 Å². The summed E-state index contributed by atoms with van der Waals surface area (Å²) in [6.07, 6.45) is 0. The molecule has 0 fully saturated rings. The van der Waals surface area contributed by atoms with Gasteiger partial charge in [0, 0.05) is 11.6 Å². The lowest BCUT2D eigenvalue weighted by atomic mass is 10.2. The lowest BCUT2D eigenvalue weighted by Crippen LogP contribution is -2.31. The number of hydrogen-bond donors (Lipinski definition) is 0. The van der Waals surface area contributed by atoms with Crippen LogP contribution >= 0.6 is 11.6 Å². The van der Waals surface area contributed by atoms with E-state index in [0.717, 1.165) is 4.57 Å². The van der Waals surface area contributed by atoms with E-state index in [4.69, 9.17) is 16.0 Å². The van der Waals surface area contributed by atoms with E-state index < -0.39 is 5.76 Å². The van der Waals surface area contributed by atoms with Gasteiger partial charge in [-0.1, -0.05) is 11.6 Å². The summed E-state index contributed by atoms with van der Waals surface area (Å²) in [6.45, 7) is 1.98. The average Bonchev–Trinajstić information content (AvgIpc) is 2.20. The highest BCUT2D eigenvalue weighted by molar-refractivity contribution is 6.31. The Bertz CT molecular complexity index is 627. The van der Waals surface area contributed by atoms with Gasteiger partial charge in [0.15, 0.2) is 0 Å². The first-order valence-corrected chi connectivity index (χ1v) is 4.84. The largest absolute Gasteiger partial charge is 0.422 e. The van der Waals surface area contributed by atoms with Crippen LogP contribution in [0, 0.1) is 0 Å². The van der Waals surface area contributed by atoms with Crippen LogP contribution in [0.2, 0.25) is 5.02 Å². The predicted molar refractivity (Wildman–Crippen MR) is 57.4 cm³/mol. The molecule has 0 amide bonds. The van der Waals surface area contributed by atoms with Crippen LogP contribution in [0.1, 0.15) is 6.92 Å². The monoisotopic (exact) mass is 225 g/mol. The highest BCUT2D eigenvalue weighted by Crippen LogP contribution is 2.14. The minimum atomic E-state index is -0.641. The average molecular weight is 226 g/mol. The highest BCUT2D eigenvalue weighted by atomic mass is 35.5. The summed E-state index contributed by atoms with van der Waals surface area (Å²) in [6, 6.07) is 4.58. The van der Waals surface area contributed by atoms with Gasteiger partial charge in [0.05, 0.1) is 5.39 Å². The quantitative estimate of drug-likeness (QED) is 0.741. The van der Waals surface area contributed by atoms with Crippen LogP contribution in [0.3, 0.4) is 0 Å². The van der Waals surface area contributed by atoms with Crippen LogP contribution < -0.4 is 11.3 Å². The van der Waals surface area contributed by atoms with Crippen molar-refractivity contribution >= 4 is 22.6 Å². The van der Waals surface area contributed by atoms with Crippen molar-refractivity contribution in [1.82, 2.24) is 4.57 Å². The predicted octanol–water partition coefficient (Wildman–Crippen LogP) is 1.63. The Hall–Kier alpha value is -1.55. The molecule has 78 valence electrons. The van der Waals surface area contributed by atoms with Crippen LogP contribution in [-0.2, 0) is 6.54 Å². The van der Waals surface area contributed by atoms with E-state index in [1.807, 2.05) is 0 Å². The van der Waals surface area contributed by atoms with Crippen LogP contribution in [0.25, 0.3) is 11.0 Å². The summed E-state index contributed by atoms with van der Waals surface area (Å²) in [5.74, 6) is -0.641. The molecule has 1 aromatic carbocycles. The van der Waals surface area contributed by atoms with Gasteiger partial charge in [0.1, 0.15) is 5.58 Å². The van der Waals surface area contributed by atoms with Crippen molar-refractivity contribution in [2.24, 2.45) is 0 Å². The fourth-order valence-corrected chi connectivity index (χ4v) is 1.58. The van der Waals surface area contributed by atoms with Crippen molar-refractivity contribution in [3.05, 3.63) is 44.1 Å². The zero-order valence-corrected chi connectivity index (χ0v) is 8.75. The van der Waals surface area contributed by atoms with Gasteiger partial charge in [0.25, 0.3) is 5.56 Å². The van der Waals surface area contributed by atoms with Gasteiger partial charge in [-0.15, -0.1) is 0 Å². The third-order valence-corrected chi connectivity index (χ3v) is 2.39. The maximum absolute atomic E-state index is 11.8. The van der Waals surface area contributed by atoms with E-state index in [1.165, 1.54) is 12.1 Å². The normalized spacial score (nSPS) is 10.8. The summed E-state index contributed by atoms with van der Waals surface area (Å²) in [5.41, 5.74) is -0.106. The zero-order chi connectivity index (χ0) is 11.0. The van der Waals surface area contributed by atoms with Gasteiger partial charge in [-0.3, -0.25) is 4.79 Å². The van der Waals surface area contributed by atoms with Gasteiger partial charge in [-0.25, -0.2) is 9.36 Å². The van der Waals surface area contributed by atoms with E-state index in [1.54, 1.807) is 13.0 Å². The van der Waals surface area contributed by atoms with E-state index in [9.17, 15) is 9.59 Å². The summed E-state index contributed by atoms with van der Waals surface area (Å²) in [7, 11) is 0. The lowest BCUT2D eigenvalue weighted by Gasteiger charge is -2.01. The number of benzene rings is 1. The Morgan fingerprint density at radius 1 is 1.40 bits per heavy atom. The third kappa shape index (κ3) is 1.57. The minimum Gasteiger partial charge on any atom is -0.409 e. The Labute approximate surface area is 89.7 Å². The van der Waals surface area contributed by atoms with Crippen molar-refractivity contribution in [3.8, 4) is 0 Å². The number of halogens is 1. The summed E-state index contributed by atoms with van der Waals surface area (Å²) in [5, 5.41) is 0.764. The molecule has 0 aliphatic carbocycles. The van der Waals surface area contributed by atoms with E-state index in [2.05, 4.69) is 0 Å². The standard InChI is InChI=1S/C10H8ClNO3/c1-2-12-9(13)7-5-6(11)3-4-8(7)15-10(12)14/h3-5H,2H2,1H3. The lowest BCUT2D eigenvalue weighted by molar-refractivity contribution is 0.465. The third-order valence-electron chi connectivity index (χ3n) is 2.15. The highest BCUT2D eigenvalue weighted by Gasteiger charge is 2.08. The van der Waals surface area contributed by atoms with E-state index in [0.29, 0.717) is 10.4 Å². The van der Waals surface area contributed by atoms with Crippen LogP contribution in [0.4, 0.5) is 0 Å². The Morgan fingerprint density at radius 3 is 2.80 bits per heavy atom. The Balaban J connectivity index is 2.99. The molecular formula is C10H8ClNO3. The van der Waals surface area contributed by atoms with Crippen molar-refractivity contribution in [2.75, 3.05) is 0 Å². The molecule has 2 aromatic rings. The molecule has 15 heavy (non-hydrogen) atoms. The topological polar surface area (TPSA) is 52.2 Å². The smallest absolute Gasteiger partial charge is 0.409 e. The number of rotatable bonds is 1. The summed E-state index contributed by atoms with van der Waals surface area (Å²) >= 11 is 5.76. The van der Waals surface area contributed by atoms with Crippen molar-refractivity contribution in [1.29, 1.82) is 0 Å². The molecule has 0 N–H and O–H groups in total. The second-order valence-electron chi connectivity index (χ2n) is 3.06. The fraction of sp³-hybridized carbons (Fsp3) is 0.200. The molecular weight excluding hydrogens is 218 g/mol. The number of hydrogen-bond acceptors (Lipinski definition) is 3. The second kappa shape index (κ2) is 3.55. The van der Waals surface area contributed by atoms with E-state index >= 15 is 0 Å². The van der Waals surface area contributed by atoms with Gasteiger partial charge in [-0.2, -0.15) is 0 Å². The summed E-state index contributed by atoms with van der Waals surface area (Å²) in [4.78, 5) is 23.1. The molecule has 0 saturated carbocycles. The molecule has 0 atom stereocenters. The van der Waals surface area contributed by atoms with Crippen LogP contribution in [-0.4, -0.2) is 4.57 Å². The fourth-order valence-electron chi connectivity index (χ4n) is 1.41. The van der Waals surface area contributed by atoms with Crippen molar-refractivity contribution in [2.45, 2.75) is 13.5 Å². The first kappa shape index (κ1) is 9.98. The maximum Gasteiger partial charge on any atom is 0.422 e. The molecule has 4 nitrogen and oxygen atoms in total. The summed E-state index contributed by atoms with van der Waals surface area (Å²) < 4.78 is 5.99. The molecule has 1 aromatic heterocycles. The molecule has 0 radical (unpaired) electrons. The molecule has 0 saturated heterocycles. The molecule has 0 aliphatic rings. The zero-order valence-electron chi connectivity index (χ0n) is 7.99.